The summed E-state index contributed by atoms with van der Waals surface area (Å²) in [5.41, 5.74) is 0.761. The number of hydrogen-bond donors (Lipinski definition) is 1. The molecule has 1 aromatic carbocycles. The average molecular weight is 341 g/mol. The highest BCUT2D eigenvalue weighted by atomic mass is 35.5. The molecule has 0 aliphatic heterocycles. The van der Waals surface area contributed by atoms with Gasteiger partial charge in [0.15, 0.2) is 0 Å². The number of esters is 1. The Hall–Kier alpha value is -1.96. The van der Waals surface area contributed by atoms with Crippen molar-refractivity contribution in [3.05, 3.63) is 58.9 Å². The fourth-order valence-electron chi connectivity index (χ4n) is 1.70. The van der Waals surface area contributed by atoms with Gasteiger partial charge in [0, 0.05) is 18.9 Å². The van der Waals surface area contributed by atoms with Crippen LogP contribution in [0.25, 0.3) is 0 Å². The molecule has 1 aromatic heterocycles. The number of benzene rings is 1. The maximum absolute atomic E-state index is 12.3. The fourth-order valence-corrected chi connectivity index (χ4v) is 2.94. The minimum atomic E-state index is -3.78. The van der Waals surface area contributed by atoms with Crippen molar-refractivity contribution in [3.63, 3.8) is 0 Å². The highest BCUT2D eigenvalue weighted by Crippen LogP contribution is 2.21. The van der Waals surface area contributed by atoms with Gasteiger partial charge in [0.1, 0.15) is 0 Å². The Morgan fingerprint density at radius 2 is 1.95 bits per heavy atom. The molecule has 116 valence electrons. The van der Waals surface area contributed by atoms with Gasteiger partial charge in [-0.1, -0.05) is 11.6 Å². The highest BCUT2D eigenvalue weighted by molar-refractivity contribution is 7.89. The molecule has 2 rings (SSSR count). The number of aromatic nitrogens is 1. The minimum absolute atomic E-state index is 0.00375. The number of pyridine rings is 1. The first-order valence-corrected chi connectivity index (χ1v) is 8.06. The van der Waals surface area contributed by atoms with E-state index in [9.17, 15) is 13.2 Å². The molecule has 0 aliphatic carbocycles. The quantitative estimate of drug-likeness (QED) is 0.841. The van der Waals surface area contributed by atoms with Gasteiger partial charge in [0.05, 0.1) is 22.6 Å². The van der Waals surface area contributed by atoms with E-state index in [1.807, 2.05) is 0 Å². The van der Waals surface area contributed by atoms with E-state index >= 15 is 0 Å². The number of hydrogen-bond acceptors (Lipinski definition) is 5. The molecular weight excluding hydrogens is 328 g/mol. The SMILES string of the molecule is COC(=O)c1cc(S(=O)(=O)NCc2ccncc2)ccc1Cl. The van der Waals surface area contributed by atoms with Crippen LogP contribution in [0.2, 0.25) is 5.02 Å². The third kappa shape index (κ3) is 3.82. The molecule has 0 bridgehead atoms. The van der Waals surface area contributed by atoms with Crippen LogP contribution in [0.3, 0.4) is 0 Å². The predicted molar refractivity (Wildman–Crippen MR) is 81.1 cm³/mol. The maximum atomic E-state index is 12.3. The summed E-state index contributed by atoms with van der Waals surface area (Å²) < 4.78 is 31.5. The van der Waals surface area contributed by atoms with Crippen LogP contribution in [-0.2, 0) is 21.3 Å². The van der Waals surface area contributed by atoms with E-state index < -0.39 is 16.0 Å². The molecule has 0 spiro atoms. The van der Waals surface area contributed by atoms with Gasteiger partial charge in [-0.15, -0.1) is 0 Å². The Kier molecular flexibility index (Phi) is 5.12. The van der Waals surface area contributed by atoms with Crippen molar-refractivity contribution in [2.24, 2.45) is 0 Å². The summed E-state index contributed by atoms with van der Waals surface area (Å²) in [5, 5.41) is 0.125. The highest BCUT2D eigenvalue weighted by Gasteiger charge is 2.18. The second-order valence-corrected chi connectivity index (χ2v) is 6.49. The van der Waals surface area contributed by atoms with Crippen molar-refractivity contribution in [3.8, 4) is 0 Å². The molecule has 22 heavy (non-hydrogen) atoms. The molecule has 6 nitrogen and oxygen atoms in total. The molecule has 2 aromatic rings. The van der Waals surface area contributed by atoms with E-state index in [1.165, 1.54) is 25.3 Å². The Labute approximate surface area is 133 Å². The van der Waals surface area contributed by atoms with Gasteiger partial charge in [-0.2, -0.15) is 0 Å². The summed E-state index contributed by atoms with van der Waals surface area (Å²) in [6, 6.07) is 7.25. The number of ether oxygens (including phenoxy) is 1. The van der Waals surface area contributed by atoms with Gasteiger partial charge in [0.2, 0.25) is 10.0 Å². The molecule has 0 aliphatic rings. The standard InChI is InChI=1S/C14H13ClN2O4S/c1-21-14(18)12-8-11(2-3-13(12)15)22(19,20)17-9-10-4-6-16-7-5-10/h2-8,17H,9H2,1H3. The number of nitrogens with one attached hydrogen (secondary N) is 1. The molecule has 1 heterocycles. The lowest BCUT2D eigenvalue weighted by Crippen LogP contribution is -2.23. The largest absolute Gasteiger partial charge is 0.465 e. The molecule has 0 amide bonds. The zero-order valence-corrected chi connectivity index (χ0v) is 13.2. The average Bonchev–Trinajstić information content (AvgIpc) is 2.53. The lowest BCUT2D eigenvalue weighted by Gasteiger charge is -2.09. The topological polar surface area (TPSA) is 85.4 Å². The molecular formula is C14H13ClN2O4S. The van der Waals surface area contributed by atoms with Gasteiger partial charge < -0.3 is 4.74 Å². The van der Waals surface area contributed by atoms with Crippen LogP contribution in [-0.4, -0.2) is 26.5 Å². The smallest absolute Gasteiger partial charge is 0.339 e. The van der Waals surface area contributed by atoms with Crippen LogP contribution in [0.4, 0.5) is 0 Å². The molecule has 0 saturated carbocycles. The third-order valence-electron chi connectivity index (χ3n) is 2.87. The van der Waals surface area contributed by atoms with Crippen LogP contribution in [0.5, 0.6) is 0 Å². The first kappa shape index (κ1) is 16.4. The number of sulfonamides is 1. The van der Waals surface area contributed by atoms with Crippen molar-refractivity contribution >= 4 is 27.6 Å². The van der Waals surface area contributed by atoms with Crippen molar-refractivity contribution < 1.29 is 17.9 Å². The number of nitrogens with zero attached hydrogens (tertiary/aromatic N) is 1. The summed E-state index contributed by atoms with van der Waals surface area (Å²) in [6.45, 7) is 0.112. The Bertz CT molecular complexity index is 779. The van der Waals surface area contributed by atoms with E-state index in [2.05, 4.69) is 14.4 Å². The maximum Gasteiger partial charge on any atom is 0.339 e. The summed E-state index contributed by atoms with van der Waals surface area (Å²) in [6.07, 6.45) is 3.14. The zero-order chi connectivity index (χ0) is 16.2. The lowest BCUT2D eigenvalue weighted by atomic mass is 10.2. The predicted octanol–water partition coefficient (Wildman–Crippen LogP) is 2.00. The monoisotopic (exact) mass is 340 g/mol. The number of carbonyl (C=O) groups is 1. The molecule has 0 atom stereocenters. The number of methoxy groups -OCH3 is 1. The Morgan fingerprint density at radius 1 is 1.27 bits per heavy atom. The molecule has 1 N–H and O–H groups in total. The molecule has 0 radical (unpaired) electrons. The van der Waals surface area contributed by atoms with Gasteiger partial charge in [-0.25, -0.2) is 17.9 Å². The summed E-state index contributed by atoms with van der Waals surface area (Å²) in [4.78, 5) is 15.4. The Balaban J connectivity index is 2.24. The summed E-state index contributed by atoms with van der Waals surface area (Å²) >= 11 is 5.87. The Morgan fingerprint density at radius 3 is 2.59 bits per heavy atom. The third-order valence-corrected chi connectivity index (χ3v) is 4.60. The summed E-state index contributed by atoms with van der Waals surface area (Å²) in [7, 11) is -2.58. The van der Waals surface area contributed by atoms with E-state index in [0.717, 1.165) is 5.56 Å². The number of halogens is 1. The second kappa shape index (κ2) is 6.87. The van der Waals surface area contributed by atoms with Crippen LogP contribution in [0.1, 0.15) is 15.9 Å². The van der Waals surface area contributed by atoms with Crippen molar-refractivity contribution in [2.45, 2.75) is 11.4 Å². The first-order valence-electron chi connectivity index (χ1n) is 6.20. The normalized spacial score (nSPS) is 11.2. The first-order chi connectivity index (χ1) is 10.4. The number of rotatable bonds is 5. The van der Waals surface area contributed by atoms with Gasteiger partial charge in [-0.05, 0) is 35.9 Å². The minimum Gasteiger partial charge on any atom is -0.465 e. The van der Waals surface area contributed by atoms with Crippen molar-refractivity contribution in [2.75, 3.05) is 7.11 Å². The van der Waals surface area contributed by atoms with Gasteiger partial charge in [-0.3, -0.25) is 4.98 Å². The van der Waals surface area contributed by atoms with E-state index in [-0.39, 0.29) is 22.0 Å². The summed E-state index contributed by atoms with van der Waals surface area (Å²) in [5.74, 6) is -0.698. The van der Waals surface area contributed by atoms with Crippen LogP contribution < -0.4 is 4.72 Å². The molecule has 8 heteroatoms. The van der Waals surface area contributed by atoms with E-state index in [4.69, 9.17) is 11.6 Å². The van der Waals surface area contributed by atoms with Crippen molar-refractivity contribution in [1.82, 2.24) is 9.71 Å². The zero-order valence-electron chi connectivity index (χ0n) is 11.6. The number of carbonyl (C=O) groups excluding carboxylic acids is 1. The van der Waals surface area contributed by atoms with Gasteiger partial charge >= 0.3 is 5.97 Å². The van der Waals surface area contributed by atoms with Crippen molar-refractivity contribution in [1.29, 1.82) is 0 Å². The van der Waals surface area contributed by atoms with Crippen LogP contribution >= 0.6 is 11.6 Å². The molecule has 0 saturated heterocycles. The van der Waals surface area contributed by atoms with Crippen LogP contribution in [0.15, 0.2) is 47.6 Å². The van der Waals surface area contributed by atoms with E-state index in [0.29, 0.717) is 0 Å². The molecule has 0 unspecified atom stereocenters. The van der Waals surface area contributed by atoms with E-state index in [1.54, 1.807) is 24.5 Å². The lowest BCUT2D eigenvalue weighted by molar-refractivity contribution is 0.0600. The molecule has 0 fully saturated rings. The van der Waals surface area contributed by atoms with Gasteiger partial charge in [0.25, 0.3) is 0 Å². The van der Waals surface area contributed by atoms with Crippen LogP contribution in [0, 0.1) is 0 Å². The fraction of sp³-hybridized carbons (Fsp3) is 0.143. The second-order valence-electron chi connectivity index (χ2n) is 4.31.